The minimum absolute atomic E-state index is 0.0298. The lowest BCUT2D eigenvalue weighted by molar-refractivity contribution is -0.115. The number of nitrogens with zero attached hydrogens (tertiary/aromatic N) is 2. The Morgan fingerprint density at radius 2 is 1.66 bits per heavy atom. The second-order valence-corrected chi connectivity index (χ2v) is 10.6. The van der Waals surface area contributed by atoms with Gasteiger partial charge >= 0.3 is 5.97 Å². The van der Waals surface area contributed by atoms with Crippen molar-refractivity contribution in [2.24, 2.45) is 0 Å². The summed E-state index contributed by atoms with van der Waals surface area (Å²) in [5.41, 5.74) is 0.937. The van der Waals surface area contributed by atoms with Gasteiger partial charge in [0.1, 0.15) is 23.4 Å². The largest absolute Gasteiger partial charge is 0.490 e. The number of rotatable bonds is 10. The molecule has 210 valence electrons. The highest BCUT2D eigenvalue weighted by Crippen LogP contribution is 2.29. The molecule has 1 fully saturated rings. The van der Waals surface area contributed by atoms with Crippen molar-refractivity contribution >= 4 is 29.5 Å². The van der Waals surface area contributed by atoms with Gasteiger partial charge in [0.2, 0.25) is 11.8 Å². The molecule has 0 aliphatic carbocycles. The zero-order valence-corrected chi connectivity index (χ0v) is 22.9. The molecule has 0 radical (unpaired) electrons. The van der Waals surface area contributed by atoms with Crippen LogP contribution in [0.15, 0.2) is 96.0 Å². The predicted octanol–water partition coefficient (Wildman–Crippen LogP) is 6.44. The molecule has 3 aromatic carbocycles. The molecule has 1 aromatic heterocycles. The van der Waals surface area contributed by atoms with Crippen molar-refractivity contribution in [3.63, 3.8) is 0 Å². The molecule has 0 spiro atoms. The first-order chi connectivity index (χ1) is 19.9. The van der Waals surface area contributed by atoms with E-state index in [2.05, 4.69) is 14.6 Å². The molecule has 1 aliphatic heterocycles. The summed E-state index contributed by atoms with van der Waals surface area (Å²) in [4.78, 5) is 29.1. The number of benzene rings is 3. The minimum atomic E-state index is -1.11. The van der Waals surface area contributed by atoms with Crippen LogP contribution in [0.25, 0.3) is 0 Å². The maximum absolute atomic E-state index is 13.1. The summed E-state index contributed by atoms with van der Waals surface area (Å²) in [5.74, 6) is 0.0649. The van der Waals surface area contributed by atoms with Crippen LogP contribution in [0.2, 0.25) is 0 Å². The van der Waals surface area contributed by atoms with Crippen LogP contribution in [0.5, 0.6) is 17.4 Å². The maximum atomic E-state index is 13.1. The summed E-state index contributed by atoms with van der Waals surface area (Å²) in [5, 5.41) is 11.9. The molecule has 41 heavy (non-hydrogen) atoms. The number of ether oxygens (including phenoxy) is 2. The van der Waals surface area contributed by atoms with Crippen LogP contribution < -0.4 is 14.8 Å². The second-order valence-electron chi connectivity index (χ2n) is 9.45. The summed E-state index contributed by atoms with van der Waals surface area (Å²) in [6, 6.07) is 23.6. The Labute approximate surface area is 241 Å². The van der Waals surface area contributed by atoms with E-state index in [1.807, 2.05) is 24.3 Å². The van der Waals surface area contributed by atoms with E-state index < -0.39 is 5.97 Å². The van der Waals surface area contributed by atoms with Gasteiger partial charge in [0.15, 0.2) is 0 Å². The highest BCUT2D eigenvalue weighted by molar-refractivity contribution is 7.97. The van der Waals surface area contributed by atoms with E-state index in [-0.39, 0.29) is 35.5 Å². The quantitative estimate of drug-likeness (QED) is 0.209. The molecule has 8 nitrogen and oxygen atoms in total. The van der Waals surface area contributed by atoms with Gasteiger partial charge in [-0.25, -0.2) is 18.5 Å². The first-order valence-corrected chi connectivity index (χ1v) is 13.9. The van der Waals surface area contributed by atoms with Crippen LogP contribution in [0.4, 0.5) is 10.1 Å². The van der Waals surface area contributed by atoms with E-state index in [0.717, 1.165) is 36.6 Å². The number of piperidine rings is 1. The number of aromatic carboxylic acids is 1. The van der Waals surface area contributed by atoms with E-state index in [1.165, 1.54) is 18.2 Å². The third kappa shape index (κ3) is 8.06. The fourth-order valence-electron chi connectivity index (χ4n) is 4.32. The number of para-hydroxylation sites is 1. The number of carbonyl (C=O) groups is 2. The average Bonchev–Trinajstić information content (AvgIpc) is 2.97. The predicted molar refractivity (Wildman–Crippen MR) is 154 cm³/mol. The topological polar surface area (TPSA) is 101 Å². The third-order valence-electron chi connectivity index (χ3n) is 6.39. The number of pyridine rings is 1. The Morgan fingerprint density at radius 1 is 0.951 bits per heavy atom. The lowest BCUT2D eigenvalue weighted by Gasteiger charge is -2.31. The molecule has 10 heteroatoms. The summed E-state index contributed by atoms with van der Waals surface area (Å²) in [6.45, 7) is 1.76. The highest BCUT2D eigenvalue weighted by Gasteiger charge is 2.21. The molecule has 1 amide bonds. The zero-order chi connectivity index (χ0) is 28.6. The second kappa shape index (κ2) is 13.3. The van der Waals surface area contributed by atoms with Crippen molar-refractivity contribution in [3.05, 3.63) is 108 Å². The number of halogens is 1. The Balaban J connectivity index is 1.07. The molecule has 0 bridgehead atoms. The van der Waals surface area contributed by atoms with Gasteiger partial charge in [-0.15, -0.1) is 0 Å². The molecule has 1 aliphatic rings. The molecule has 5 rings (SSSR count). The summed E-state index contributed by atoms with van der Waals surface area (Å²) in [6.07, 6.45) is 3.50. The van der Waals surface area contributed by atoms with Crippen molar-refractivity contribution in [3.8, 4) is 17.4 Å². The highest BCUT2D eigenvalue weighted by atomic mass is 32.2. The van der Waals surface area contributed by atoms with Crippen LogP contribution in [0.1, 0.15) is 28.8 Å². The van der Waals surface area contributed by atoms with E-state index >= 15 is 0 Å². The molecular weight excluding hydrogens is 545 g/mol. The van der Waals surface area contributed by atoms with Crippen LogP contribution in [0.3, 0.4) is 0 Å². The molecule has 0 atom stereocenters. The van der Waals surface area contributed by atoms with Crippen molar-refractivity contribution in [1.82, 2.24) is 9.29 Å². The van der Waals surface area contributed by atoms with Crippen molar-refractivity contribution in [2.45, 2.75) is 30.3 Å². The number of aromatic nitrogens is 1. The van der Waals surface area contributed by atoms with Crippen molar-refractivity contribution in [1.29, 1.82) is 0 Å². The fraction of sp³-hybridized carbons (Fsp3) is 0.194. The van der Waals surface area contributed by atoms with Crippen LogP contribution in [-0.2, 0) is 11.2 Å². The maximum Gasteiger partial charge on any atom is 0.337 e. The molecule has 2 N–H and O–H groups in total. The lowest BCUT2D eigenvalue weighted by atomic mass is 10.1. The third-order valence-corrected chi connectivity index (χ3v) is 7.50. The van der Waals surface area contributed by atoms with Crippen LogP contribution in [0, 0.1) is 5.82 Å². The summed E-state index contributed by atoms with van der Waals surface area (Å²) < 4.78 is 27.4. The normalized spacial score (nSPS) is 13.9. The molecule has 1 saturated heterocycles. The van der Waals surface area contributed by atoms with Gasteiger partial charge in [0.25, 0.3) is 0 Å². The Bertz CT molecular complexity index is 1480. The summed E-state index contributed by atoms with van der Waals surface area (Å²) >= 11 is 1.64. The lowest BCUT2D eigenvalue weighted by Crippen LogP contribution is -2.34. The number of carboxylic acids is 1. The average molecular weight is 574 g/mol. The van der Waals surface area contributed by atoms with Gasteiger partial charge in [0.05, 0.1) is 17.7 Å². The van der Waals surface area contributed by atoms with Crippen LogP contribution >= 0.6 is 11.9 Å². The molecular formula is C31H28FN3O5S. The molecule has 2 heterocycles. The Hall–Kier alpha value is -4.41. The van der Waals surface area contributed by atoms with E-state index in [4.69, 9.17) is 9.47 Å². The fourth-order valence-corrected chi connectivity index (χ4v) is 5.27. The first kappa shape index (κ1) is 28.1. The van der Waals surface area contributed by atoms with Gasteiger partial charge in [-0.05, 0) is 91.0 Å². The van der Waals surface area contributed by atoms with E-state index in [0.29, 0.717) is 17.2 Å². The summed E-state index contributed by atoms with van der Waals surface area (Å²) in [7, 11) is 0. The molecule has 4 aromatic rings. The smallest absolute Gasteiger partial charge is 0.337 e. The van der Waals surface area contributed by atoms with E-state index in [1.54, 1.807) is 60.6 Å². The number of hydrogen-bond acceptors (Lipinski definition) is 7. The monoisotopic (exact) mass is 573 g/mol. The van der Waals surface area contributed by atoms with E-state index in [9.17, 15) is 19.1 Å². The van der Waals surface area contributed by atoms with Crippen molar-refractivity contribution in [2.75, 3.05) is 18.4 Å². The van der Waals surface area contributed by atoms with Gasteiger partial charge in [-0.2, -0.15) is 0 Å². The first-order valence-electron chi connectivity index (χ1n) is 13.1. The minimum Gasteiger partial charge on any atom is -0.490 e. The number of nitrogens with one attached hydrogen (secondary N) is 1. The Morgan fingerprint density at radius 3 is 2.34 bits per heavy atom. The number of hydrogen-bond donors (Lipinski definition) is 2. The van der Waals surface area contributed by atoms with Crippen LogP contribution in [-0.4, -0.2) is 45.5 Å². The number of carboxylic acid groups (broad SMARTS) is 1. The molecule has 0 saturated carbocycles. The number of carbonyl (C=O) groups excluding carboxylic acids is 1. The van der Waals surface area contributed by atoms with Gasteiger partial charge < -0.3 is 19.9 Å². The van der Waals surface area contributed by atoms with Crippen molar-refractivity contribution < 1.29 is 28.6 Å². The Kier molecular flexibility index (Phi) is 9.12. The van der Waals surface area contributed by atoms with Gasteiger partial charge in [-0.3, -0.25) is 4.79 Å². The zero-order valence-electron chi connectivity index (χ0n) is 22.0. The number of amides is 1. The molecule has 0 unspecified atom stereocenters. The SMILES string of the molecule is O=C(Cc1ccc(Oc2ccc(OC3CCN(Sc4ccc(F)cc4)CC3)cc2)nc1)Nc1ccccc1C(=O)O. The standard InChI is InChI=1S/C31H28FN3O5S/c32-22-6-12-26(13-7-22)41-35-17-15-25(16-18-35)39-23-8-10-24(11-9-23)40-30-14-5-21(20-33-30)19-29(36)34-28-4-2-1-3-27(28)31(37)38/h1-14,20,25H,15-19H2,(H,34,36)(H,37,38). The van der Waals surface area contributed by atoms with Gasteiger partial charge in [-0.1, -0.05) is 18.2 Å². The number of anilines is 1. The van der Waals surface area contributed by atoms with Gasteiger partial charge in [0, 0.05) is 30.2 Å².